The van der Waals surface area contributed by atoms with Crippen molar-refractivity contribution in [1.82, 2.24) is 4.90 Å². The van der Waals surface area contributed by atoms with Crippen LogP contribution in [0.3, 0.4) is 0 Å². The van der Waals surface area contributed by atoms with Gasteiger partial charge < -0.3 is 11.1 Å². The van der Waals surface area contributed by atoms with Crippen molar-refractivity contribution in [3.8, 4) is 0 Å². The molecule has 0 aliphatic carbocycles. The number of nitrogens with zero attached hydrogens (tertiary/aromatic N) is 1. The van der Waals surface area contributed by atoms with Gasteiger partial charge in [0, 0.05) is 35.5 Å². The predicted octanol–water partition coefficient (Wildman–Crippen LogP) is 2.34. The van der Waals surface area contributed by atoms with Gasteiger partial charge in [0.15, 0.2) is 0 Å². The Morgan fingerprint density at radius 2 is 2.30 bits per heavy atom. The first-order valence-electron chi connectivity index (χ1n) is 6.99. The molecular weight excluding hydrogens is 270 g/mol. The lowest BCUT2D eigenvalue weighted by Crippen LogP contribution is -2.50. The molecule has 1 amide bonds. The maximum Gasteiger partial charge on any atom is 0.241 e. The molecule has 20 heavy (non-hydrogen) atoms. The van der Waals surface area contributed by atoms with Crippen LogP contribution >= 0.6 is 11.8 Å². The van der Waals surface area contributed by atoms with Crippen molar-refractivity contribution in [3.05, 3.63) is 23.8 Å². The Morgan fingerprint density at radius 3 is 2.95 bits per heavy atom. The third-order valence-electron chi connectivity index (χ3n) is 3.80. The van der Waals surface area contributed by atoms with E-state index in [0.29, 0.717) is 6.04 Å². The van der Waals surface area contributed by atoms with Crippen LogP contribution in [-0.2, 0) is 4.79 Å². The number of aryl methyl sites for hydroxylation is 1. The van der Waals surface area contributed by atoms with Crippen molar-refractivity contribution in [1.29, 1.82) is 0 Å². The Morgan fingerprint density at radius 1 is 1.55 bits per heavy atom. The molecule has 1 aromatic carbocycles. The zero-order valence-electron chi connectivity index (χ0n) is 12.3. The largest absolute Gasteiger partial charge is 0.399 e. The van der Waals surface area contributed by atoms with Crippen molar-refractivity contribution in [2.24, 2.45) is 0 Å². The summed E-state index contributed by atoms with van der Waals surface area (Å²) in [6, 6.07) is 5.89. The van der Waals surface area contributed by atoms with E-state index in [9.17, 15) is 4.79 Å². The Balaban J connectivity index is 2.03. The summed E-state index contributed by atoms with van der Waals surface area (Å²) in [4.78, 5) is 14.7. The van der Waals surface area contributed by atoms with Crippen LogP contribution in [0.25, 0.3) is 0 Å². The van der Waals surface area contributed by atoms with Crippen LogP contribution in [0.1, 0.15) is 19.4 Å². The zero-order valence-corrected chi connectivity index (χ0v) is 13.2. The maximum absolute atomic E-state index is 12.4. The molecule has 110 valence electrons. The lowest BCUT2D eigenvalue weighted by atomic mass is 10.1. The monoisotopic (exact) mass is 293 g/mol. The minimum Gasteiger partial charge on any atom is -0.399 e. The molecule has 3 N–H and O–H groups in total. The van der Waals surface area contributed by atoms with E-state index in [1.807, 2.05) is 43.8 Å². The summed E-state index contributed by atoms with van der Waals surface area (Å²) in [6.07, 6.45) is 0. The number of carbonyl (C=O) groups excluding carboxylic acids is 1. The molecule has 2 unspecified atom stereocenters. The van der Waals surface area contributed by atoms with Crippen LogP contribution in [0, 0.1) is 6.92 Å². The summed E-state index contributed by atoms with van der Waals surface area (Å²) in [5, 5.41) is 3.01. The van der Waals surface area contributed by atoms with E-state index in [4.69, 9.17) is 5.73 Å². The molecule has 1 fully saturated rings. The van der Waals surface area contributed by atoms with Crippen LogP contribution < -0.4 is 11.1 Å². The maximum atomic E-state index is 12.4. The number of nitrogens with one attached hydrogen (secondary N) is 1. The van der Waals surface area contributed by atoms with Gasteiger partial charge in [-0.1, -0.05) is 0 Å². The summed E-state index contributed by atoms with van der Waals surface area (Å²) >= 11 is 1.96. The van der Waals surface area contributed by atoms with E-state index in [0.717, 1.165) is 35.0 Å². The lowest BCUT2D eigenvalue weighted by Gasteiger charge is -2.36. The number of carbonyl (C=O) groups is 1. The van der Waals surface area contributed by atoms with E-state index in [-0.39, 0.29) is 11.9 Å². The van der Waals surface area contributed by atoms with Gasteiger partial charge in [0.05, 0.1) is 6.04 Å². The molecule has 2 rings (SSSR count). The van der Waals surface area contributed by atoms with E-state index in [1.165, 1.54) is 0 Å². The molecule has 4 nitrogen and oxygen atoms in total. The van der Waals surface area contributed by atoms with Gasteiger partial charge in [-0.15, -0.1) is 0 Å². The molecule has 1 saturated heterocycles. The smallest absolute Gasteiger partial charge is 0.241 e. The number of benzene rings is 1. The van der Waals surface area contributed by atoms with Crippen LogP contribution in [0.5, 0.6) is 0 Å². The fraction of sp³-hybridized carbons (Fsp3) is 0.533. The highest BCUT2D eigenvalue weighted by Crippen LogP contribution is 2.21. The van der Waals surface area contributed by atoms with Crippen molar-refractivity contribution in [2.75, 3.05) is 29.1 Å². The summed E-state index contributed by atoms with van der Waals surface area (Å²) in [5.41, 5.74) is 8.28. The number of hydrogen-bond acceptors (Lipinski definition) is 4. The second kappa shape index (κ2) is 6.50. The fourth-order valence-electron chi connectivity index (χ4n) is 2.53. The third kappa shape index (κ3) is 3.46. The lowest BCUT2D eigenvalue weighted by molar-refractivity contribution is -0.121. The van der Waals surface area contributed by atoms with Gasteiger partial charge in [-0.2, -0.15) is 11.8 Å². The molecule has 1 heterocycles. The van der Waals surface area contributed by atoms with Gasteiger partial charge in [-0.05, 0) is 44.5 Å². The van der Waals surface area contributed by atoms with E-state index < -0.39 is 0 Å². The molecule has 0 radical (unpaired) electrons. The Kier molecular flexibility index (Phi) is 4.94. The van der Waals surface area contributed by atoms with Gasteiger partial charge in [0.1, 0.15) is 0 Å². The van der Waals surface area contributed by atoms with Gasteiger partial charge in [-0.3, -0.25) is 9.69 Å². The number of rotatable bonds is 3. The molecule has 1 aliphatic heterocycles. The van der Waals surface area contributed by atoms with E-state index in [2.05, 4.69) is 17.1 Å². The normalized spacial score (nSPS) is 21.4. The minimum atomic E-state index is -0.108. The van der Waals surface area contributed by atoms with Crippen molar-refractivity contribution < 1.29 is 4.79 Å². The summed E-state index contributed by atoms with van der Waals surface area (Å²) < 4.78 is 0. The quantitative estimate of drug-likeness (QED) is 0.840. The highest BCUT2D eigenvalue weighted by molar-refractivity contribution is 7.99. The number of hydrogen-bond donors (Lipinski definition) is 2. The first-order valence-corrected chi connectivity index (χ1v) is 8.15. The van der Waals surface area contributed by atoms with Crippen LogP contribution in [0.4, 0.5) is 11.4 Å². The number of nitrogen functional groups attached to an aromatic ring is 1. The van der Waals surface area contributed by atoms with E-state index in [1.54, 1.807) is 0 Å². The van der Waals surface area contributed by atoms with Crippen LogP contribution in [0.15, 0.2) is 18.2 Å². The molecule has 0 bridgehead atoms. The highest BCUT2D eigenvalue weighted by atomic mass is 32.2. The number of anilines is 2. The van der Waals surface area contributed by atoms with Gasteiger partial charge >= 0.3 is 0 Å². The average Bonchev–Trinajstić information content (AvgIpc) is 2.41. The number of amides is 1. The topological polar surface area (TPSA) is 58.4 Å². The predicted molar refractivity (Wildman–Crippen MR) is 87.2 cm³/mol. The first-order chi connectivity index (χ1) is 9.49. The van der Waals surface area contributed by atoms with Crippen molar-refractivity contribution in [3.63, 3.8) is 0 Å². The number of thioether (sulfide) groups is 1. The minimum absolute atomic E-state index is 0.0524. The summed E-state index contributed by atoms with van der Waals surface area (Å²) in [7, 11) is 0. The standard InChI is InChI=1S/C15H23N3OS/c1-10-8-13(16)4-5-14(10)17-15(19)12(3)18-6-7-20-9-11(18)2/h4-5,8,11-12H,6-7,9,16H2,1-3H3,(H,17,19). The SMILES string of the molecule is Cc1cc(N)ccc1NC(=O)C(C)N1CCSCC1C. The number of nitrogens with two attached hydrogens (primary N) is 1. The van der Waals surface area contributed by atoms with Gasteiger partial charge in [0.25, 0.3) is 0 Å². The summed E-state index contributed by atoms with van der Waals surface area (Å²) in [6.45, 7) is 7.09. The summed E-state index contributed by atoms with van der Waals surface area (Å²) in [5.74, 6) is 2.25. The molecule has 5 heteroatoms. The molecular formula is C15H23N3OS. The van der Waals surface area contributed by atoms with Crippen LogP contribution in [-0.4, -0.2) is 40.9 Å². The van der Waals surface area contributed by atoms with Gasteiger partial charge in [-0.25, -0.2) is 0 Å². The fourth-order valence-corrected chi connectivity index (χ4v) is 3.57. The average molecular weight is 293 g/mol. The molecule has 1 aliphatic rings. The zero-order chi connectivity index (χ0) is 14.7. The third-order valence-corrected chi connectivity index (χ3v) is 4.99. The Bertz CT molecular complexity index is 492. The van der Waals surface area contributed by atoms with Crippen LogP contribution in [0.2, 0.25) is 0 Å². The van der Waals surface area contributed by atoms with Crippen molar-refractivity contribution in [2.45, 2.75) is 32.9 Å². The second-order valence-electron chi connectivity index (χ2n) is 5.40. The van der Waals surface area contributed by atoms with Crippen molar-refractivity contribution >= 4 is 29.0 Å². The van der Waals surface area contributed by atoms with Gasteiger partial charge in [0.2, 0.25) is 5.91 Å². The first kappa shape index (κ1) is 15.2. The van der Waals surface area contributed by atoms with E-state index >= 15 is 0 Å². The Labute approximate surface area is 125 Å². The Hall–Kier alpha value is -1.20. The highest BCUT2D eigenvalue weighted by Gasteiger charge is 2.28. The molecule has 0 aromatic heterocycles. The molecule has 1 aromatic rings. The molecule has 0 saturated carbocycles. The molecule has 0 spiro atoms. The molecule has 2 atom stereocenters. The second-order valence-corrected chi connectivity index (χ2v) is 6.55.